The highest BCUT2D eigenvalue weighted by atomic mass is 28.4. The fraction of sp³-hybridized carbons (Fsp3) is 0.700. The SMILES string of the molecule is COc1cc(B2OC(C)(C)C(C)(C)O2)c(OC)cc1O[Si](C)(C)C(C)(C)C. The molecule has 0 aromatic heterocycles. The zero-order valence-corrected chi connectivity index (χ0v) is 19.8. The molecule has 0 N–H and O–H groups in total. The highest BCUT2D eigenvalue weighted by molar-refractivity contribution is 6.74. The maximum Gasteiger partial charge on any atom is 0.498 e. The first-order valence-electron chi connectivity index (χ1n) is 9.46. The summed E-state index contributed by atoms with van der Waals surface area (Å²) in [6.45, 7) is 19.2. The largest absolute Gasteiger partial charge is 0.541 e. The van der Waals surface area contributed by atoms with Gasteiger partial charge in [-0.05, 0) is 51.9 Å². The average Bonchev–Trinajstić information content (AvgIpc) is 2.73. The van der Waals surface area contributed by atoms with Crippen molar-refractivity contribution in [2.24, 2.45) is 0 Å². The lowest BCUT2D eigenvalue weighted by atomic mass is 9.78. The normalized spacial score (nSPS) is 19.1. The van der Waals surface area contributed by atoms with Gasteiger partial charge in [-0.15, -0.1) is 0 Å². The van der Waals surface area contributed by atoms with Gasteiger partial charge >= 0.3 is 7.12 Å². The van der Waals surface area contributed by atoms with Gasteiger partial charge < -0.3 is 23.2 Å². The lowest BCUT2D eigenvalue weighted by Gasteiger charge is -2.37. The standard InChI is InChI=1S/C20H35BO5Si/c1-18(2,3)27(10,11)24-17-13-15(22-8)14(12-16(17)23-9)21-25-19(4,5)20(6,7)26-21/h12-13H,1-11H3. The molecule has 0 bridgehead atoms. The van der Waals surface area contributed by atoms with E-state index in [4.69, 9.17) is 23.2 Å². The second-order valence-electron chi connectivity index (χ2n) is 9.70. The Balaban J connectivity index is 2.46. The Bertz CT molecular complexity index is 678. The topological polar surface area (TPSA) is 46.2 Å². The lowest BCUT2D eigenvalue weighted by Crippen LogP contribution is -2.44. The summed E-state index contributed by atoms with van der Waals surface area (Å²) >= 11 is 0. The van der Waals surface area contributed by atoms with Crippen molar-refractivity contribution in [3.05, 3.63) is 12.1 Å². The van der Waals surface area contributed by atoms with Crippen LogP contribution in [0.2, 0.25) is 18.1 Å². The van der Waals surface area contributed by atoms with Crippen LogP contribution in [0.15, 0.2) is 12.1 Å². The van der Waals surface area contributed by atoms with Gasteiger partial charge in [0.2, 0.25) is 0 Å². The Morgan fingerprint density at radius 3 is 1.74 bits per heavy atom. The number of hydrogen-bond donors (Lipinski definition) is 0. The molecule has 0 amide bonds. The Hall–Kier alpha value is -1.18. The number of benzene rings is 1. The third kappa shape index (κ3) is 4.15. The summed E-state index contributed by atoms with van der Waals surface area (Å²) in [7, 11) is 0.744. The molecule has 27 heavy (non-hydrogen) atoms. The molecule has 1 aromatic carbocycles. The second kappa shape index (κ2) is 7.01. The molecule has 1 aromatic rings. The summed E-state index contributed by atoms with van der Waals surface area (Å²) < 4.78 is 30.2. The van der Waals surface area contributed by atoms with Crippen molar-refractivity contribution in [2.45, 2.75) is 77.8 Å². The van der Waals surface area contributed by atoms with E-state index in [9.17, 15) is 0 Å². The third-order valence-corrected chi connectivity index (χ3v) is 10.5. The van der Waals surface area contributed by atoms with Crippen molar-refractivity contribution in [1.82, 2.24) is 0 Å². The maximum atomic E-state index is 6.48. The molecular formula is C20H35BO5Si. The monoisotopic (exact) mass is 394 g/mol. The van der Waals surface area contributed by atoms with Crippen molar-refractivity contribution in [3.8, 4) is 17.2 Å². The van der Waals surface area contributed by atoms with Gasteiger partial charge in [0.15, 0.2) is 5.75 Å². The van der Waals surface area contributed by atoms with Crippen LogP contribution in [0, 0.1) is 0 Å². The summed E-state index contributed by atoms with van der Waals surface area (Å²) in [5.41, 5.74) is -0.0473. The molecule has 0 saturated carbocycles. The van der Waals surface area contributed by atoms with Gasteiger partial charge in [0.25, 0.3) is 8.32 Å². The van der Waals surface area contributed by atoms with E-state index in [-0.39, 0.29) is 5.04 Å². The molecule has 1 fully saturated rings. The van der Waals surface area contributed by atoms with Crippen LogP contribution in [-0.4, -0.2) is 40.9 Å². The first-order valence-corrected chi connectivity index (χ1v) is 12.4. The van der Waals surface area contributed by atoms with E-state index in [1.807, 2.05) is 39.8 Å². The van der Waals surface area contributed by atoms with Crippen LogP contribution in [0.25, 0.3) is 0 Å². The summed E-state index contributed by atoms with van der Waals surface area (Å²) in [6.07, 6.45) is 0. The number of methoxy groups -OCH3 is 2. The molecule has 0 unspecified atom stereocenters. The van der Waals surface area contributed by atoms with Crippen LogP contribution in [0.4, 0.5) is 0 Å². The number of ether oxygens (including phenoxy) is 2. The van der Waals surface area contributed by atoms with E-state index in [0.29, 0.717) is 17.2 Å². The van der Waals surface area contributed by atoms with Crippen LogP contribution in [0.3, 0.4) is 0 Å². The zero-order chi connectivity index (χ0) is 20.8. The minimum absolute atomic E-state index is 0.0790. The van der Waals surface area contributed by atoms with E-state index in [1.165, 1.54) is 0 Å². The van der Waals surface area contributed by atoms with Crippen molar-refractivity contribution >= 4 is 20.9 Å². The van der Waals surface area contributed by atoms with Gasteiger partial charge in [-0.25, -0.2) is 0 Å². The van der Waals surface area contributed by atoms with Crippen LogP contribution in [0.1, 0.15) is 48.5 Å². The molecular weight excluding hydrogens is 359 g/mol. The van der Waals surface area contributed by atoms with E-state index in [1.54, 1.807) is 14.2 Å². The minimum Gasteiger partial charge on any atom is -0.541 e. The zero-order valence-electron chi connectivity index (χ0n) is 18.8. The summed E-state index contributed by atoms with van der Waals surface area (Å²) in [5, 5.41) is 0.0790. The molecule has 5 nitrogen and oxygen atoms in total. The van der Waals surface area contributed by atoms with E-state index >= 15 is 0 Å². The smallest absolute Gasteiger partial charge is 0.498 e. The Morgan fingerprint density at radius 1 is 0.852 bits per heavy atom. The van der Waals surface area contributed by atoms with Gasteiger partial charge in [0.05, 0.1) is 25.4 Å². The van der Waals surface area contributed by atoms with Crippen LogP contribution in [-0.2, 0) is 9.31 Å². The minimum atomic E-state index is -2.02. The van der Waals surface area contributed by atoms with E-state index in [0.717, 1.165) is 5.46 Å². The Kier molecular flexibility index (Phi) is 5.74. The van der Waals surface area contributed by atoms with Crippen molar-refractivity contribution in [3.63, 3.8) is 0 Å². The van der Waals surface area contributed by atoms with Crippen molar-refractivity contribution in [2.75, 3.05) is 14.2 Å². The predicted molar refractivity (Wildman–Crippen MR) is 113 cm³/mol. The van der Waals surface area contributed by atoms with E-state index < -0.39 is 26.6 Å². The fourth-order valence-corrected chi connectivity index (χ4v) is 3.57. The molecule has 152 valence electrons. The average molecular weight is 394 g/mol. The molecule has 0 radical (unpaired) electrons. The number of hydrogen-bond acceptors (Lipinski definition) is 5. The van der Waals surface area contributed by atoms with Crippen LogP contribution in [0.5, 0.6) is 17.2 Å². The quantitative estimate of drug-likeness (QED) is 0.694. The second-order valence-corrected chi connectivity index (χ2v) is 14.4. The summed E-state index contributed by atoms with van der Waals surface area (Å²) in [6, 6.07) is 3.79. The van der Waals surface area contributed by atoms with E-state index in [2.05, 4.69) is 33.9 Å². The van der Waals surface area contributed by atoms with Gasteiger partial charge in [-0.3, -0.25) is 0 Å². The first-order chi connectivity index (χ1) is 12.1. The van der Waals surface area contributed by atoms with Gasteiger partial charge in [0, 0.05) is 11.5 Å². The molecule has 7 heteroatoms. The van der Waals surface area contributed by atoms with Crippen molar-refractivity contribution in [1.29, 1.82) is 0 Å². The first kappa shape index (κ1) is 22.1. The summed E-state index contributed by atoms with van der Waals surface area (Å²) in [4.78, 5) is 0. The molecule has 2 rings (SSSR count). The maximum absolute atomic E-state index is 6.48. The van der Waals surface area contributed by atoms with Gasteiger partial charge in [-0.2, -0.15) is 0 Å². The third-order valence-electron chi connectivity index (χ3n) is 6.19. The number of rotatable bonds is 5. The molecule has 1 aliphatic rings. The summed E-state index contributed by atoms with van der Waals surface area (Å²) in [5.74, 6) is 2.02. The van der Waals surface area contributed by atoms with Crippen LogP contribution < -0.4 is 19.4 Å². The molecule has 1 heterocycles. The fourth-order valence-electron chi connectivity index (χ4n) is 2.56. The molecule has 0 aliphatic carbocycles. The van der Waals surface area contributed by atoms with Crippen molar-refractivity contribution < 1.29 is 23.2 Å². The highest BCUT2D eigenvalue weighted by Gasteiger charge is 2.52. The van der Waals surface area contributed by atoms with Gasteiger partial charge in [-0.1, -0.05) is 20.8 Å². The molecule has 1 saturated heterocycles. The molecule has 0 spiro atoms. The molecule has 0 atom stereocenters. The Morgan fingerprint density at radius 2 is 1.33 bits per heavy atom. The highest BCUT2D eigenvalue weighted by Crippen LogP contribution is 2.42. The molecule has 1 aliphatic heterocycles. The predicted octanol–water partition coefficient (Wildman–Crippen LogP) is 4.39. The lowest BCUT2D eigenvalue weighted by molar-refractivity contribution is 0.00578. The van der Waals surface area contributed by atoms with Crippen LogP contribution >= 0.6 is 0 Å². The van der Waals surface area contributed by atoms with Gasteiger partial charge in [0.1, 0.15) is 11.5 Å². The Labute approximate surface area is 165 Å².